The molecule has 0 saturated carbocycles. The predicted molar refractivity (Wildman–Crippen MR) is 58.0 cm³/mol. The van der Waals surface area contributed by atoms with Crippen molar-refractivity contribution in [2.45, 2.75) is 25.7 Å². The maximum absolute atomic E-state index is 12.7. The molecule has 0 spiro atoms. The number of carbonyl (C=O) groups is 1. The number of carboxylic acids is 1. The Hall–Kier alpha value is -1.58. The normalized spacial score (nSPS) is 10.1. The van der Waals surface area contributed by atoms with E-state index in [1.165, 1.54) is 12.1 Å². The first-order chi connectivity index (χ1) is 7.68. The molecule has 0 fully saturated rings. The van der Waals surface area contributed by atoms with Crippen LogP contribution in [0.5, 0.6) is 5.75 Å². The number of rotatable bonds is 7. The van der Waals surface area contributed by atoms with Crippen LogP contribution < -0.4 is 4.74 Å². The van der Waals surface area contributed by atoms with E-state index in [-0.39, 0.29) is 12.2 Å². The van der Waals surface area contributed by atoms with Gasteiger partial charge in [-0.2, -0.15) is 0 Å². The van der Waals surface area contributed by atoms with Crippen LogP contribution in [0.3, 0.4) is 0 Å². The molecule has 0 aliphatic rings. The van der Waals surface area contributed by atoms with Gasteiger partial charge in [-0.25, -0.2) is 4.39 Å². The maximum Gasteiger partial charge on any atom is 0.303 e. The summed E-state index contributed by atoms with van der Waals surface area (Å²) in [5.41, 5.74) is 0. The summed E-state index contributed by atoms with van der Waals surface area (Å²) in [6.07, 6.45) is 2.44. The third kappa shape index (κ3) is 5.34. The molecule has 0 bridgehead atoms. The molecule has 16 heavy (non-hydrogen) atoms. The number of hydrogen-bond acceptors (Lipinski definition) is 2. The van der Waals surface area contributed by atoms with Gasteiger partial charge in [-0.15, -0.1) is 0 Å². The zero-order valence-electron chi connectivity index (χ0n) is 8.99. The number of unbranched alkanes of at least 4 members (excludes halogenated alkanes) is 2. The van der Waals surface area contributed by atoms with Gasteiger partial charge in [0.2, 0.25) is 0 Å². The quantitative estimate of drug-likeness (QED) is 0.727. The summed E-state index contributed by atoms with van der Waals surface area (Å²) in [5, 5.41) is 8.41. The van der Waals surface area contributed by atoms with E-state index in [0.717, 1.165) is 12.8 Å². The number of benzene rings is 1. The first-order valence-corrected chi connectivity index (χ1v) is 5.28. The lowest BCUT2D eigenvalue weighted by molar-refractivity contribution is -0.137. The number of aliphatic carboxylic acids is 1. The van der Waals surface area contributed by atoms with Crippen LogP contribution >= 0.6 is 0 Å². The minimum absolute atomic E-state index is 0.194. The molecule has 0 saturated heterocycles. The fraction of sp³-hybridized carbons (Fsp3) is 0.417. The lowest BCUT2D eigenvalue weighted by atomic mass is 10.2. The SMILES string of the molecule is O=C(O)CCCCCOc1cccc(F)c1. The molecule has 0 aliphatic heterocycles. The van der Waals surface area contributed by atoms with Gasteiger partial charge in [0.15, 0.2) is 0 Å². The summed E-state index contributed by atoms with van der Waals surface area (Å²) in [6.45, 7) is 0.489. The van der Waals surface area contributed by atoms with Gasteiger partial charge in [-0.1, -0.05) is 6.07 Å². The fourth-order valence-electron chi connectivity index (χ4n) is 1.30. The Kier molecular flexibility index (Phi) is 5.32. The molecule has 1 aromatic rings. The summed E-state index contributed by atoms with van der Waals surface area (Å²) >= 11 is 0. The Balaban J connectivity index is 2.09. The fourth-order valence-corrected chi connectivity index (χ4v) is 1.30. The Morgan fingerprint density at radius 3 is 2.81 bits per heavy atom. The zero-order chi connectivity index (χ0) is 11.8. The molecule has 0 atom stereocenters. The lowest BCUT2D eigenvalue weighted by Crippen LogP contribution is -1.99. The van der Waals surface area contributed by atoms with E-state index >= 15 is 0 Å². The molecule has 1 aromatic carbocycles. The van der Waals surface area contributed by atoms with Crippen LogP contribution in [0, 0.1) is 5.82 Å². The average Bonchev–Trinajstić information content (AvgIpc) is 2.23. The lowest BCUT2D eigenvalue weighted by Gasteiger charge is -2.05. The third-order valence-electron chi connectivity index (χ3n) is 2.10. The van der Waals surface area contributed by atoms with E-state index < -0.39 is 5.97 Å². The second-order valence-electron chi connectivity index (χ2n) is 3.51. The summed E-state index contributed by atoms with van der Waals surface area (Å²) in [4.78, 5) is 10.2. The van der Waals surface area contributed by atoms with E-state index in [2.05, 4.69) is 0 Å². The largest absolute Gasteiger partial charge is 0.493 e. The first-order valence-electron chi connectivity index (χ1n) is 5.28. The summed E-state index contributed by atoms with van der Waals surface area (Å²) in [6, 6.07) is 5.98. The Morgan fingerprint density at radius 2 is 2.12 bits per heavy atom. The molecular formula is C12H15FO3. The van der Waals surface area contributed by atoms with Gasteiger partial charge >= 0.3 is 5.97 Å². The smallest absolute Gasteiger partial charge is 0.303 e. The standard InChI is InChI=1S/C12H15FO3/c13-10-5-4-6-11(9-10)16-8-3-1-2-7-12(14)15/h4-6,9H,1-3,7-8H2,(H,14,15). The van der Waals surface area contributed by atoms with Crippen LogP contribution in [-0.2, 0) is 4.79 Å². The van der Waals surface area contributed by atoms with Crippen molar-refractivity contribution in [1.29, 1.82) is 0 Å². The van der Waals surface area contributed by atoms with E-state index in [1.54, 1.807) is 12.1 Å². The van der Waals surface area contributed by atoms with Gasteiger partial charge in [-0.3, -0.25) is 4.79 Å². The van der Waals surface area contributed by atoms with Crippen molar-refractivity contribution in [2.75, 3.05) is 6.61 Å². The highest BCUT2D eigenvalue weighted by atomic mass is 19.1. The molecule has 1 N–H and O–H groups in total. The molecule has 0 unspecified atom stereocenters. The predicted octanol–water partition coefficient (Wildman–Crippen LogP) is 2.85. The van der Waals surface area contributed by atoms with Crippen molar-refractivity contribution in [3.8, 4) is 5.75 Å². The molecule has 0 heterocycles. The Morgan fingerprint density at radius 1 is 1.31 bits per heavy atom. The van der Waals surface area contributed by atoms with Crippen molar-refractivity contribution >= 4 is 5.97 Å². The van der Waals surface area contributed by atoms with E-state index in [9.17, 15) is 9.18 Å². The van der Waals surface area contributed by atoms with Crippen LogP contribution in [0.4, 0.5) is 4.39 Å². The molecule has 4 heteroatoms. The highest BCUT2D eigenvalue weighted by Crippen LogP contribution is 2.12. The molecule has 0 amide bonds. The maximum atomic E-state index is 12.7. The van der Waals surface area contributed by atoms with Crippen LogP contribution in [0.1, 0.15) is 25.7 Å². The monoisotopic (exact) mass is 226 g/mol. The highest BCUT2D eigenvalue weighted by Gasteiger charge is 1.98. The molecular weight excluding hydrogens is 211 g/mol. The second kappa shape index (κ2) is 6.82. The van der Waals surface area contributed by atoms with Gasteiger partial charge in [0.25, 0.3) is 0 Å². The minimum Gasteiger partial charge on any atom is -0.493 e. The van der Waals surface area contributed by atoms with Crippen LogP contribution in [0.15, 0.2) is 24.3 Å². The van der Waals surface area contributed by atoms with E-state index in [0.29, 0.717) is 18.8 Å². The van der Waals surface area contributed by atoms with Gasteiger partial charge in [-0.05, 0) is 31.4 Å². The molecule has 0 aromatic heterocycles. The Labute approximate surface area is 93.9 Å². The minimum atomic E-state index is -0.772. The van der Waals surface area contributed by atoms with Crippen molar-refractivity contribution in [3.05, 3.63) is 30.1 Å². The molecule has 88 valence electrons. The Bertz CT molecular complexity index is 339. The number of carboxylic acid groups (broad SMARTS) is 1. The number of ether oxygens (including phenoxy) is 1. The van der Waals surface area contributed by atoms with E-state index in [4.69, 9.17) is 9.84 Å². The van der Waals surface area contributed by atoms with Crippen LogP contribution in [-0.4, -0.2) is 17.7 Å². The summed E-state index contributed by atoms with van der Waals surface area (Å²) in [7, 11) is 0. The van der Waals surface area contributed by atoms with Crippen molar-refractivity contribution in [3.63, 3.8) is 0 Å². The van der Waals surface area contributed by atoms with Gasteiger partial charge in [0.1, 0.15) is 11.6 Å². The molecule has 3 nitrogen and oxygen atoms in total. The molecule has 1 rings (SSSR count). The summed E-state index contributed by atoms with van der Waals surface area (Å²) in [5.74, 6) is -0.576. The number of halogens is 1. The highest BCUT2D eigenvalue weighted by molar-refractivity contribution is 5.66. The van der Waals surface area contributed by atoms with Gasteiger partial charge in [0, 0.05) is 12.5 Å². The topological polar surface area (TPSA) is 46.5 Å². The van der Waals surface area contributed by atoms with Crippen LogP contribution in [0.25, 0.3) is 0 Å². The van der Waals surface area contributed by atoms with E-state index in [1.807, 2.05) is 0 Å². The third-order valence-corrected chi connectivity index (χ3v) is 2.10. The average molecular weight is 226 g/mol. The van der Waals surface area contributed by atoms with Gasteiger partial charge in [0.05, 0.1) is 6.61 Å². The second-order valence-corrected chi connectivity index (χ2v) is 3.51. The van der Waals surface area contributed by atoms with Crippen molar-refractivity contribution in [2.24, 2.45) is 0 Å². The van der Waals surface area contributed by atoms with Crippen molar-refractivity contribution in [1.82, 2.24) is 0 Å². The number of hydrogen-bond donors (Lipinski definition) is 1. The zero-order valence-corrected chi connectivity index (χ0v) is 8.99. The van der Waals surface area contributed by atoms with Gasteiger partial charge < -0.3 is 9.84 Å². The molecule has 0 radical (unpaired) electrons. The molecule has 0 aliphatic carbocycles. The summed E-state index contributed by atoms with van der Waals surface area (Å²) < 4.78 is 18.0. The first kappa shape index (κ1) is 12.5. The van der Waals surface area contributed by atoms with Crippen LogP contribution in [0.2, 0.25) is 0 Å². The van der Waals surface area contributed by atoms with Crippen molar-refractivity contribution < 1.29 is 19.0 Å².